The zero-order chi connectivity index (χ0) is 13.2. The minimum atomic E-state index is -0.911. The molecule has 0 aromatic rings. The maximum atomic E-state index is 11.6. The first-order chi connectivity index (χ1) is 8.55. The Morgan fingerprint density at radius 1 is 1.06 bits per heavy atom. The van der Waals surface area contributed by atoms with E-state index in [0.717, 1.165) is 25.7 Å². The highest BCUT2D eigenvalue weighted by Gasteiger charge is 2.44. The smallest absolute Gasteiger partial charge is 0.311 e. The molecule has 100 valence electrons. The molecule has 2 amide bonds. The number of rotatable bonds is 3. The summed E-state index contributed by atoms with van der Waals surface area (Å²) in [5.74, 6) is -1.30. The second-order valence-corrected chi connectivity index (χ2v) is 5.37. The van der Waals surface area contributed by atoms with Crippen LogP contribution in [0.5, 0.6) is 0 Å². The number of hydrogen-bond acceptors (Lipinski definition) is 3. The first-order valence-corrected chi connectivity index (χ1v) is 6.62. The molecule has 0 aromatic heterocycles. The van der Waals surface area contributed by atoms with Crippen molar-refractivity contribution >= 4 is 17.8 Å². The number of amides is 2. The lowest BCUT2D eigenvalue weighted by Gasteiger charge is -2.31. The molecule has 0 bridgehead atoms. The summed E-state index contributed by atoms with van der Waals surface area (Å²) < 4.78 is 0. The van der Waals surface area contributed by atoms with Crippen LogP contribution in [0.25, 0.3) is 0 Å². The number of aliphatic carboxylic acids is 1. The lowest BCUT2D eigenvalue weighted by atomic mass is 9.80. The van der Waals surface area contributed by atoms with Gasteiger partial charge in [-0.1, -0.05) is 25.7 Å². The molecular formula is C13H19NO4. The fraction of sp³-hybridized carbons (Fsp3) is 0.769. The normalized spacial score (nSPS) is 24.1. The standard InChI is InChI=1S/C13H19NO4/c15-10-5-6-11(16)14(10)9-13(12(17)18)7-3-1-2-4-8-13/h1-9H2,(H,17,18). The number of carboxylic acid groups (broad SMARTS) is 1. The van der Waals surface area contributed by atoms with Gasteiger partial charge < -0.3 is 5.11 Å². The van der Waals surface area contributed by atoms with E-state index in [1.807, 2.05) is 0 Å². The van der Waals surface area contributed by atoms with Gasteiger partial charge in [-0.25, -0.2) is 0 Å². The van der Waals surface area contributed by atoms with Crippen LogP contribution in [0, 0.1) is 5.41 Å². The lowest BCUT2D eigenvalue weighted by molar-refractivity contribution is -0.153. The van der Waals surface area contributed by atoms with E-state index in [2.05, 4.69) is 0 Å². The molecule has 1 saturated heterocycles. The van der Waals surface area contributed by atoms with Gasteiger partial charge in [0.1, 0.15) is 0 Å². The van der Waals surface area contributed by atoms with Gasteiger partial charge in [-0.15, -0.1) is 0 Å². The summed E-state index contributed by atoms with van der Waals surface area (Å²) in [4.78, 5) is 36.0. The van der Waals surface area contributed by atoms with Crippen molar-refractivity contribution in [2.75, 3.05) is 6.54 Å². The number of likely N-dealkylation sites (tertiary alicyclic amines) is 1. The summed E-state index contributed by atoms with van der Waals surface area (Å²) in [6.07, 6.45) is 5.40. The summed E-state index contributed by atoms with van der Waals surface area (Å²) in [6, 6.07) is 0. The topological polar surface area (TPSA) is 74.7 Å². The minimum absolute atomic E-state index is 0.0694. The van der Waals surface area contributed by atoms with Crippen molar-refractivity contribution in [1.29, 1.82) is 0 Å². The Labute approximate surface area is 106 Å². The molecule has 0 radical (unpaired) electrons. The second kappa shape index (κ2) is 5.08. The van der Waals surface area contributed by atoms with Crippen molar-refractivity contribution in [3.8, 4) is 0 Å². The molecule has 2 aliphatic rings. The van der Waals surface area contributed by atoms with Gasteiger partial charge in [-0.05, 0) is 12.8 Å². The summed E-state index contributed by atoms with van der Waals surface area (Å²) in [7, 11) is 0. The Bertz CT molecular complexity index is 353. The molecule has 0 atom stereocenters. The largest absolute Gasteiger partial charge is 0.481 e. The fourth-order valence-corrected chi connectivity index (χ4v) is 2.95. The monoisotopic (exact) mass is 253 g/mol. The van der Waals surface area contributed by atoms with Crippen molar-refractivity contribution in [1.82, 2.24) is 4.90 Å². The highest BCUT2D eigenvalue weighted by molar-refractivity contribution is 6.02. The van der Waals surface area contributed by atoms with Crippen LogP contribution in [-0.4, -0.2) is 34.3 Å². The second-order valence-electron chi connectivity index (χ2n) is 5.37. The van der Waals surface area contributed by atoms with Gasteiger partial charge in [0.15, 0.2) is 0 Å². The molecule has 18 heavy (non-hydrogen) atoms. The number of hydrogen-bond donors (Lipinski definition) is 1. The molecule has 1 aliphatic carbocycles. The number of carbonyl (C=O) groups excluding carboxylic acids is 2. The van der Waals surface area contributed by atoms with Crippen molar-refractivity contribution < 1.29 is 19.5 Å². The number of carboxylic acids is 1. The van der Waals surface area contributed by atoms with Crippen LogP contribution in [0.3, 0.4) is 0 Å². The Hall–Kier alpha value is -1.39. The number of carbonyl (C=O) groups is 3. The zero-order valence-corrected chi connectivity index (χ0v) is 10.5. The van der Waals surface area contributed by atoms with E-state index >= 15 is 0 Å². The van der Waals surface area contributed by atoms with Crippen LogP contribution in [0.4, 0.5) is 0 Å². The van der Waals surface area contributed by atoms with Gasteiger partial charge in [0.05, 0.1) is 5.41 Å². The van der Waals surface area contributed by atoms with Crippen LogP contribution < -0.4 is 0 Å². The van der Waals surface area contributed by atoms with E-state index in [1.54, 1.807) is 0 Å². The average molecular weight is 253 g/mol. The van der Waals surface area contributed by atoms with Crippen LogP contribution in [0.1, 0.15) is 51.4 Å². The quantitative estimate of drug-likeness (QED) is 0.612. The van der Waals surface area contributed by atoms with Gasteiger partial charge in [-0.2, -0.15) is 0 Å². The molecule has 1 aliphatic heterocycles. The van der Waals surface area contributed by atoms with E-state index in [1.165, 1.54) is 4.90 Å². The zero-order valence-electron chi connectivity index (χ0n) is 10.5. The minimum Gasteiger partial charge on any atom is -0.481 e. The lowest BCUT2D eigenvalue weighted by Crippen LogP contribution is -2.45. The summed E-state index contributed by atoms with van der Waals surface area (Å²) >= 11 is 0. The maximum absolute atomic E-state index is 11.6. The third-order valence-electron chi connectivity index (χ3n) is 4.13. The number of imide groups is 1. The first-order valence-electron chi connectivity index (χ1n) is 6.62. The van der Waals surface area contributed by atoms with E-state index in [0.29, 0.717) is 12.8 Å². The fourth-order valence-electron chi connectivity index (χ4n) is 2.95. The van der Waals surface area contributed by atoms with Gasteiger partial charge in [0, 0.05) is 19.4 Å². The third-order valence-corrected chi connectivity index (χ3v) is 4.13. The molecule has 2 rings (SSSR count). The van der Waals surface area contributed by atoms with Crippen LogP contribution >= 0.6 is 0 Å². The van der Waals surface area contributed by atoms with Crippen molar-refractivity contribution in [3.63, 3.8) is 0 Å². The van der Waals surface area contributed by atoms with E-state index in [4.69, 9.17) is 0 Å². The Morgan fingerprint density at radius 3 is 2.00 bits per heavy atom. The van der Waals surface area contributed by atoms with Crippen LogP contribution in [0.2, 0.25) is 0 Å². The van der Waals surface area contributed by atoms with Crippen molar-refractivity contribution in [3.05, 3.63) is 0 Å². The maximum Gasteiger partial charge on any atom is 0.311 e. The Balaban J connectivity index is 2.17. The van der Waals surface area contributed by atoms with Crippen LogP contribution in [-0.2, 0) is 14.4 Å². The van der Waals surface area contributed by atoms with Gasteiger partial charge in [0.25, 0.3) is 0 Å². The highest BCUT2D eigenvalue weighted by Crippen LogP contribution is 2.37. The van der Waals surface area contributed by atoms with Crippen molar-refractivity contribution in [2.45, 2.75) is 51.4 Å². The Kier molecular flexibility index (Phi) is 3.68. The molecule has 1 heterocycles. The molecule has 0 spiro atoms. The summed E-state index contributed by atoms with van der Waals surface area (Å²) in [6.45, 7) is 0.0694. The molecule has 1 N–H and O–H groups in total. The van der Waals surface area contributed by atoms with Gasteiger partial charge >= 0.3 is 5.97 Å². The predicted molar refractivity (Wildman–Crippen MR) is 63.7 cm³/mol. The van der Waals surface area contributed by atoms with E-state index < -0.39 is 11.4 Å². The van der Waals surface area contributed by atoms with E-state index in [9.17, 15) is 19.5 Å². The van der Waals surface area contributed by atoms with Gasteiger partial charge in [0.2, 0.25) is 11.8 Å². The average Bonchev–Trinajstić information content (AvgIpc) is 2.58. The molecule has 0 aromatic carbocycles. The predicted octanol–water partition coefficient (Wildman–Crippen LogP) is 1.56. The third kappa shape index (κ3) is 2.40. The van der Waals surface area contributed by atoms with E-state index in [-0.39, 0.29) is 31.2 Å². The van der Waals surface area contributed by atoms with Gasteiger partial charge in [-0.3, -0.25) is 19.3 Å². The summed E-state index contributed by atoms with van der Waals surface area (Å²) in [5.41, 5.74) is -0.911. The molecule has 5 nitrogen and oxygen atoms in total. The molecular weight excluding hydrogens is 234 g/mol. The summed E-state index contributed by atoms with van der Waals surface area (Å²) in [5, 5.41) is 9.50. The first kappa shape index (κ1) is 13.1. The molecule has 2 fully saturated rings. The Morgan fingerprint density at radius 2 is 1.56 bits per heavy atom. The molecule has 0 unspecified atom stereocenters. The molecule has 5 heteroatoms. The highest BCUT2D eigenvalue weighted by atomic mass is 16.4. The van der Waals surface area contributed by atoms with Crippen molar-refractivity contribution in [2.24, 2.45) is 5.41 Å². The SMILES string of the molecule is O=C1CCC(=O)N1CC1(C(=O)O)CCCCCC1. The number of nitrogens with zero attached hydrogens (tertiary/aromatic N) is 1. The molecule has 1 saturated carbocycles. The van der Waals surface area contributed by atoms with Crippen LogP contribution in [0.15, 0.2) is 0 Å².